The summed E-state index contributed by atoms with van der Waals surface area (Å²) in [4.78, 5) is 0. The van der Waals surface area contributed by atoms with Gasteiger partial charge in [-0.3, -0.25) is 0 Å². The van der Waals surface area contributed by atoms with Crippen molar-refractivity contribution < 1.29 is 18.9 Å². The molecule has 0 aliphatic heterocycles. The zero-order chi connectivity index (χ0) is 22.6. The van der Waals surface area contributed by atoms with E-state index in [1.807, 2.05) is 53.7 Å². The Kier molecular flexibility index (Phi) is 12.6. The van der Waals surface area contributed by atoms with Crippen LogP contribution in [-0.2, 0) is 14.2 Å². The maximum absolute atomic E-state index is 6.45. The first kappa shape index (κ1) is 26.9. The molecule has 30 heavy (non-hydrogen) atoms. The Bertz CT molecular complexity index is 524. The fourth-order valence-electron chi connectivity index (χ4n) is 3.83. The summed E-state index contributed by atoms with van der Waals surface area (Å²) in [6.45, 7) is 14.5. The minimum Gasteiger partial charge on any atom is -0.497 e. The molecule has 0 radical (unpaired) electrons. The molecule has 0 heterocycles. The maximum Gasteiger partial charge on any atom is 0.290 e. The predicted molar refractivity (Wildman–Crippen MR) is 125 cm³/mol. The Morgan fingerprint density at radius 3 is 1.60 bits per heavy atom. The normalized spacial score (nSPS) is 13.4. The van der Waals surface area contributed by atoms with Crippen molar-refractivity contribution in [1.29, 1.82) is 0 Å². The topological polar surface area (TPSA) is 36.9 Å². The van der Waals surface area contributed by atoms with Crippen LogP contribution in [0.25, 0.3) is 0 Å². The smallest absolute Gasteiger partial charge is 0.290 e. The lowest BCUT2D eigenvalue weighted by Crippen LogP contribution is -2.49. The molecule has 1 unspecified atom stereocenters. The van der Waals surface area contributed by atoms with E-state index in [1.54, 1.807) is 7.11 Å². The average molecular weight is 423 g/mol. The molecule has 0 amide bonds. The Morgan fingerprint density at radius 1 is 0.700 bits per heavy atom. The maximum atomic E-state index is 6.45. The highest BCUT2D eigenvalue weighted by Crippen LogP contribution is 2.41. The lowest BCUT2D eigenvalue weighted by Gasteiger charge is -2.43. The predicted octanol–water partition coefficient (Wildman–Crippen LogP) is 7.46. The molecule has 4 heteroatoms. The molecular weight excluding hydrogens is 376 g/mol. The quantitative estimate of drug-likeness (QED) is 0.205. The lowest BCUT2D eigenvalue weighted by atomic mass is 9.89. The molecule has 1 aromatic rings. The van der Waals surface area contributed by atoms with Crippen LogP contribution in [-0.4, -0.2) is 31.4 Å². The summed E-state index contributed by atoms with van der Waals surface area (Å²) in [6.07, 6.45) is 8.39. The molecule has 0 saturated heterocycles. The molecular formula is C26H46O4. The van der Waals surface area contributed by atoms with Gasteiger partial charge in [-0.15, -0.1) is 0 Å². The minimum atomic E-state index is -1.12. The van der Waals surface area contributed by atoms with E-state index in [0.29, 0.717) is 0 Å². The van der Waals surface area contributed by atoms with E-state index in [2.05, 4.69) is 19.1 Å². The number of ether oxygens (including phenoxy) is 4. The Labute approximate surface area is 185 Å². The van der Waals surface area contributed by atoms with Gasteiger partial charge in [-0.05, 0) is 65.7 Å². The molecule has 0 bridgehead atoms. The molecule has 1 aromatic carbocycles. The van der Waals surface area contributed by atoms with Gasteiger partial charge in [-0.2, -0.15) is 0 Å². The van der Waals surface area contributed by atoms with Crippen molar-refractivity contribution in [2.45, 2.75) is 124 Å². The number of hydrogen-bond acceptors (Lipinski definition) is 4. The first-order valence-corrected chi connectivity index (χ1v) is 11.9. The van der Waals surface area contributed by atoms with Gasteiger partial charge in [-0.25, -0.2) is 0 Å². The van der Waals surface area contributed by atoms with Crippen molar-refractivity contribution in [2.75, 3.05) is 7.11 Å². The summed E-state index contributed by atoms with van der Waals surface area (Å²) >= 11 is 0. The van der Waals surface area contributed by atoms with Crippen molar-refractivity contribution in [3.05, 3.63) is 29.8 Å². The van der Waals surface area contributed by atoms with Crippen molar-refractivity contribution >= 4 is 0 Å². The molecule has 174 valence electrons. The molecule has 0 aliphatic rings. The van der Waals surface area contributed by atoms with Gasteiger partial charge in [0.05, 0.1) is 31.3 Å². The molecule has 0 aliphatic carbocycles. The number of rotatable bonds is 16. The van der Waals surface area contributed by atoms with Crippen LogP contribution in [0.5, 0.6) is 5.75 Å². The summed E-state index contributed by atoms with van der Waals surface area (Å²) < 4.78 is 24.7. The summed E-state index contributed by atoms with van der Waals surface area (Å²) in [6, 6.07) is 8.25. The fraction of sp³-hybridized carbons (Fsp3) is 0.769. The van der Waals surface area contributed by atoms with Gasteiger partial charge in [0, 0.05) is 0 Å². The second kappa shape index (κ2) is 14.1. The van der Waals surface area contributed by atoms with E-state index in [4.69, 9.17) is 18.9 Å². The average Bonchev–Trinajstić information content (AvgIpc) is 2.65. The molecule has 0 aromatic heterocycles. The summed E-state index contributed by atoms with van der Waals surface area (Å²) in [5.74, 6) is -0.294. The Balaban J connectivity index is 3.23. The molecule has 1 atom stereocenters. The van der Waals surface area contributed by atoms with Crippen molar-refractivity contribution in [2.24, 2.45) is 0 Å². The van der Waals surface area contributed by atoms with Crippen LogP contribution in [0.4, 0.5) is 0 Å². The minimum absolute atomic E-state index is 0.0206. The van der Waals surface area contributed by atoms with E-state index >= 15 is 0 Å². The molecule has 4 nitrogen and oxygen atoms in total. The third-order valence-electron chi connectivity index (χ3n) is 4.99. The molecule has 0 saturated carbocycles. The van der Waals surface area contributed by atoms with Gasteiger partial charge in [0.1, 0.15) is 5.75 Å². The van der Waals surface area contributed by atoms with E-state index in [-0.39, 0.29) is 24.2 Å². The van der Waals surface area contributed by atoms with E-state index < -0.39 is 5.97 Å². The lowest BCUT2D eigenvalue weighted by molar-refractivity contribution is -0.420. The number of unbranched alkanes of at least 4 members (excludes halogenated alkanes) is 5. The van der Waals surface area contributed by atoms with Crippen LogP contribution >= 0.6 is 0 Å². The van der Waals surface area contributed by atoms with Crippen LogP contribution in [0.15, 0.2) is 24.3 Å². The van der Waals surface area contributed by atoms with E-state index in [1.165, 1.54) is 32.1 Å². The van der Waals surface area contributed by atoms with Crippen LogP contribution in [0.2, 0.25) is 0 Å². The first-order valence-electron chi connectivity index (χ1n) is 11.9. The second-order valence-electron chi connectivity index (χ2n) is 8.99. The van der Waals surface area contributed by atoms with Crippen molar-refractivity contribution in [3.63, 3.8) is 0 Å². The largest absolute Gasteiger partial charge is 0.497 e. The van der Waals surface area contributed by atoms with Gasteiger partial charge in [0.15, 0.2) is 0 Å². The van der Waals surface area contributed by atoms with Crippen LogP contribution in [0.1, 0.15) is 105 Å². The number of methoxy groups -OCH3 is 1. The van der Waals surface area contributed by atoms with Gasteiger partial charge >= 0.3 is 0 Å². The molecule has 1 rings (SSSR count). The van der Waals surface area contributed by atoms with Crippen LogP contribution in [0.3, 0.4) is 0 Å². The highest BCUT2D eigenvalue weighted by Gasteiger charge is 2.46. The third-order valence-corrected chi connectivity index (χ3v) is 4.99. The van der Waals surface area contributed by atoms with Gasteiger partial charge in [0.25, 0.3) is 5.97 Å². The Morgan fingerprint density at radius 2 is 1.17 bits per heavy atom. The monoisotopic (exact) mass is 422 g/mol. The molecule has 0 N–H and O–H groups in total. The SMILES string of the molecule is CCCCCCCCC(c1ccc(OC)cc1)C(OC(C)C)(OC(C)C)OC(C)C. The van der Waals surface area contributed by atoms with E-state index in [0.717, 1.165) is 24.2 Å². The summed E-state index contributed by atoms with van der Waals surface area (Å²) in [5, 5.41) is 0. The van der Waals surface area contributed by atoms with E-state index in [9.17, 15) is 0 Å². The third kappa shape index (κ3) is 9.36. The highest BCUT2D eigenvalue weighted by atomic mass is 16.9. The highest BCUT2D eigenvalue weighted by molar-refractivity contribution is 5.30. The Hall–Kier alpha value is -1.10. The second-order valence-corrected chi connectivity index (χ2v) is 8.99. The first-order chi connectivity index (χ1) is 14.2. The molecule has 0 spiro atoms. The van der Waals surface area contributed by atoms with Crippen molar-refractivity contribution in [1.82, 2.24) is 0 Å². The van der Waals surface area contributed by atoms with Crippen LogP contribution < -0.4 is 4.74 Å². The van der Waals surface area contributed by atoms with Crippen molar-refractivity contribution in [3.8, 4) is 5.75 Å². The van der Waals surface area contributed by atoms with Gasteiger partial charge in [-0.1, -0.05) is 57.6 Å². The summed E-state index contributed by atoms with van der Waals surface area (Å²) in [7, 11) is 1.69. The standard InChI is InChI=1S/C26H46O4/c1-9-10-11-12-13-14-15-25(23-16-18-24(27-8)19-17-23)26(28-20(2)3,29-21(4)5)30-22(6)7/h16-22,25H,9-15H2,1-8H3. The summed E-state index contributed by atoms with van der Waals surface area (Å²) in [5.41, 5.74) is 1.16. The zero-order valence-corrected chi connectivity index (χ0v) is 20.7. The molecule has 0 fully saturated rings. The van der Waals surface area contributed by atoms with Crippen LogP contribution in [0, 0.1) is 0 Å². The number of benzene rings is 1. The van der Waals surface area contributed by atoms with Gasteiger partial charge < -0.3 is 18.9 Å². The fourth-order valence-corrected chi connectivity index (χ4v) is 3.83. The van der Waals surface area contributed by atoms with Gasteiger partial charge in [0.2, 0.25) is 0 Å². The zero-order valence-electron chi connectivity index (χ0n) is 20.7. The number of hydrogen-bond donors (Lipinski definition) is 0.